The van der Waals surface area contributed by atoms with Gasteiger partial charge in [-0.3, -0.25) is 4.79 Å². The van der Waals surface area contributed by atoms with Crippen LogP contribution in [0.1, 0.15) is 38.5 Å². The Morgan fingerprint density at radius 1 is 1.36 bits per heavy atom. The SMILES string of the molecule is COCCC1(C(=O)N2CCC(C(O)C(F)(F)F)CC2)CCC1. The summed E-state index contributed by atoms with van der Waals surface area (Å²) in [6, 6.07) is 0. The van der Waals surface area contributed by atoms with Crippen LogP contribution in [-0.2, 0) is 9.53 Å². The molecule has 7 heteroatoms. The van der Waals surface area contributed by atoms with Gasteiger partial charge < -0.3 is 14.7 Å². The molecule has 1 unspecified atom stereocenters. The summed E-state index contributed by atoms with van der Waals surface area (Å²) in [5.74, 6) is -0.754. The van der Waals surface area contributed by atoms with Crippen LogP contribution in [0, 0.1) is 11.3 Å². The minimum atomic E-state index is -4.58. The number of likely N-dealkylation sites (tertiary alicyclic amines) is 1. The van der Waals surface area contributed by atoms with Crippen LogP contribution in [0.25, 0.3) is 0 Å². The molecule has 1 aliphatic heterocycles. The molecule has 2 aliphatic rings. The number of rotatable bonds is 5. The maximum absolute atomic E-state index is 12.7. The molecule has 1 atom stereocenters. The number of methoxy groups -OCH3 is 1. The van der Waals surface area contributed by atoms with Gasteiger partial charge in [0.25, 0.3) is 0 Å². The molecule has 1 N–H and O–H groups in total. The zero-order chi connectivity index (χ0) is 16.4. The third kappa shape index (κ3) is 3.56. The summed E-state index contributed by atoms with van der Waals surface area (Å²) >= 11 is 0. The van der Waals surface area contributed by atoms with Crippen molar-refractivity contribution in [2.45, 2.75) is 50.8 Å². The molecule has 2 rings (SSSR count). The fraction of sp³-hybridized carbons (Fsp3) is 0.933. The van der Waals surface area contributed by atoms with Crippen molar-refractivity contribution in [2.24, 2.45) is 11.3 Å². The molecule has 1 saturated heterocycles. The number of alkyl halides is 3. The molecule has 128 valence electrons. The molecule has 1 heterocycles. The summed E-state index contributed by atoms with van der Waals surface area (Å²) in [6.07, 6.45) is -3.10. The standard InChI is InChI=1S/C15H24F3NO3/c1-22-10-7-14(5-2-6-14)13(21)19-8-3-11(4-9-19)12(20)15(16,17)18/h11-12,20H,2-10H2,1H3. The lowest BCUT2D eigenvalue weighted by molar-refractivity contribution is -0.223. The van der Waals surface area contributed by atoms with Crippen LogP contribution in [0.3, 0.4) is 0 Å². The van der Waals surface area contributed by atoms with E-state index in [-0.39, 0.29) is 24.2 Å². The van der Waals surface area contributed by atoms with Crippen LogP contribution in [-0.4, -0.2) is 55.0 Å². The average molecular weight is 323 g/mol. The summed E-state index contributed by atoms with van der Waals surface area (Å²) in [4.78, 5) is 14.3. The van der Waals surface area contributed by atoms with Crippen molar-refractivity contribution in [3.63, 3.8) is 0 Å². The predicted octanol–water partition coefficient (Wildman–Crippen LogP) is 2.36. The van der Waals surface area contributed by atoms with Crippen molar-refractivity contribution >= 4 is 5.91 Å². The largest absolute Gasteiger partial charge is 0.414 e. The van der Waals surface area contributed by atoms with Gasteiger partial charge in [0.15, 0.2) is 6.10 Å². The Balaban J connectivity index is 1.89. The Bertz CT molecular complexity index is 388. The topological polar surface area (TPSA) is 49.8 Å². The lowest BCUT2D eigenvalue weighted by atomic mass is 9.65. The highest BCUT2D eigenvalue weighted by atomic mass is 19.4. The molecule has 0 radical (unpaired) electrons. The highest BCUT2D eigenvalue weighted by Gasteiger charge is 2.48. The van der Waals surface area contributed by atoms with Gasteiger partial charge in [0, 0.05) is 26.8 Å². The van der Waals surface area contributed by atoms with Crippen LogP contribution >= 0.6 is 0 Å². The highest BCUT2D eigenvalue weighted by Crippen LogP contribution is 2.46. The van der Waals surface area contributed by atoms with E-state index in [0.29, 0.717) is 26.1 Å². The predicted molar refractivity (Wildman–Crippen MR) is 74.1 cm³/mol. The fourth-order valence-corrected chi connectivity index (χ4v) is 3.49. The summed E-state index contributed by atoms with van der Waals surface area (Å²) in [6.45, 7) is 1.12. The van der Waals surface area contributed by atoms with Gasteiger partial charge in [0.05, 0.1) is 5.41 Å². The molecule has 0 aromatic rings. The Labute approximate surface area is 128 Å². The first kappa shape index (κ1) is 17.5. The van der Waals surface area contributed by atoms with E-state index in [1.165, 1.54) is 0 Å². The molecule has 0 aromatic carbocycles. The Morgan fingerprint density at radius 3 is 2.36 bits per heavy atom. The molecule has 22 heavy (non-hydrogen) atoms. The molecular weight excluding hydrogens is 299 g/mol. The molecule has 1 aliphatic carbocycles. The van der Waals surface area contributed by atoms with Gasteiger partial charge in [-0.1, -0.05) is 6.42 Å². The van der Waals surface area contributed by atoms with Gasteiger partial charge >= 0.3 is 6.18 Å². The number of hydrogen-bond acceptors (Lipinski definition) is 3. The number of amides is 1. The van der Waals surface area contributed by atoms with Crippen LogP contribution in [0.5, 0.6) is 0 Å². The zero-order valence-electron chi connectivity index (χ0n) is 12.9. The van der Waals surface area contributed by atoms with Crippen LogP contribution < -0.4 is 0 Å². The number of hydrogen-bond donors (Lipinski definition) is 1. The van der Waals surface area contributed by atoms with Crippen molar-refractivity contribution < 1.29 is 27.8 Å². The number of ether oxygens (including phenoxy) is 1. The van der Waals surface area contributed by atoms with Gasteiger partial charge in [0.2, 0.25) is 5.91 Å². The van der Waals surface area contributed by atoms with Crippen molar-refractivity contribution in [1.82, 2.24) is 4.90 Å². The molecule has 1 saturated carbocycles. The summed E-state index contributed by atoms with van der Waals surface area (Å²) in [7, 11) is 1.60. The average Bonchev–Trinajstić information content (AvgIpc) is 2.44. The van der Waals surface area contributed by atoms with Gasteiger partial charge in [-0.2, -0.15) is 13.2 Å². The highest BCUT2D eigenvalue weighted by molar-refractivity contribution is 5.83. The first-order valence-corrected chi connectivity index (χ1v) is 7.83. The first-order valence-electron chi connectivity index (χ1n) is 7.83. The fourth-order valence-electron chi connectivity index (χ4n) is 3.49. The van der Waals surface area contributed by atoms with Gasteiger partial charge in [-0.05, 0) is 38.0 Å². The second-order valence-electron chi connectivity index (χ2n) is 6.49. The number of aliphatic hydroxyl groups is 1. The lowest BCUT2D eigenvalue weighted by Gasteiger charge is -2.45. The van der Waals surface area contributed by atoms with E-state index in [2.05, 4.69) is 0 Å². The van der Waals surface area contributed by atoms with E-state index < -0.39 is 18.2 Å². The Kier molecular flexibility index (Phi) is 5.37. The number of halogens is 3. The van der Waals surface area contributed by atoms with E-state index in [4.69, 9.17) is 4.74 Å². The van der Waals surface area contributed by atoms with Crippen molar-refractivity contribution in [1.29, 1.82) is 0 Å². The molecule has 0 spiro atoms. The summed E-state index contributed by atoms with van der Waals surface area (Å²) < 4.78 is 42.7. The van der Waals surface area contributed by atoms with Crippen LogP contribution in [0.2, 0.25) is 0 Å². The number of carbonyl (C=O) groups excluding carboxylic acids is 1. The van der Waals surface area contributed by atoms with Crippen molar-refractivity contribution in [2.75, 3.05) is 26.8 Å². The zero-order valence-corrected chi connectivity index (χ0v) is 12.9. The molecule has 1 amide bonds. The minimum absolute atomic E-state index is 0.0516. The molecular formula is C15H24F3NO3. The maximum Gasteiger partial charge on any atom is 0.414 e. The Morgan fingerprint density at radius 2 is 1.95 bits per heavy atom. The first-order chi connectivity index (χ1) is 10.3. The van der Waals surface area contributed by atoms with Crippen molar-refractivity contribution in [3.05, 3.63) is 0 Å². The number of nitrogens with zero attached hydrogens (tertiary/aromatic N) is 1. The Hall–Kier alpha value is -0.820. The molecule has 0 bridgehead atoms. The third-order valence-corrected chi connectivity index (χ3v) is 5.16. The van der Waals surface area contributed by atoms with Crippen molar-refractivity contribution in [3.8, 4) is 0 Å². The number of piperidine rings is 1. The molecule has 0 aromatic heterocycles. The second-order valence-corrected chi connectivity index (χ2v) is 6.49. The number of aliphatic hydroxyl groups excluding tert-OH is 1. The molecule has 2 fully saturated rings. The summed E-state index contributed by atoms with van der Waals surface area (Å²) in [5, 5.41) is 9.32. The monoisotopic (exact) mass is 323 g/mol. The number of carbonyl (C=O) groups is 1. The van der Waals surface area contributed by atoms with Gasteiger partial charge in [0.1, 0.15) is 0 Å². The third-order valence-electron chi connectivity index (χ3n) is 5.16. The normalized spacial score (nSPS) is 24.0. The minimum Gasteiger partial charge on any atom is -0.385 e. The van der Waals surface area contributed by atoms with E-state index in [0.717, 1.165) is 19.3 Å². The smallest absolute Gasteiger partial charge is 0.385 e. The van der Waals surface area contributed by atoms with E-state index in [1.54, 1.807) is 12.0 Å². The second kappa shape index (κ2) is 6.74. The molecule has 4 nitrogen and oxygen atoms in total. The van der Waals surface area contributed by atoms with E-state index in [1.807, 2.05) is 0 Å². The maximum atomic E-state index is 12.7. The lowest BCUT2D eigenvalue weighted by Crippen LogP contribution is -2.52. The van der Waals surface area contributed by atoms with Crippen LogP contribution in [0.15, 0.2) is 0 Å². The van der Waals surface area contributed by atoms with E-state index in [9.17, 15) is 23.1 Å². The summed E-state index contributed by atoms with van der Waals surface area (Å²) in [5.41, 5.74) is -0.370. The van der Waals surface area contributed by atoms with Gasteiger partial charge in [-0.15, -0.1) is 0 Å². The van der Waals surface area contributed by atoms with Gasteiger partial charge in [-0.25, -0.2) is 0 Å². The van der Waals surface area contributed by atoms with E-state index >= 15 is 0 Å². The van der Waals surface area contributed by atoms with Crippen LogP contribution in [0.4, 0.5) is 13.2 Å². The quantitative estimate of drug-likeness (QED) is 0.845.